The van der Waals surface area contributed by atoms with Gasteiger partial charge >= 0.3 is 6.18 Å². The quantitative estimate of drug-likeness (QED) is 0.712. The Morgan fingerprint density at radius 3 is 2.32 bits per heavy atom. The number of carbonyl (C=O) groups is 2. The number of amides is 2. The smallest absolute Gasteiger partial charge is 0.338 e. The topological polar surface area (TPSA) is 43.9 Å². The zero-order valence-corrected chi connectivity index (χ0v) is 17.8. The summed E-state index contributed by atoms with van der Waals surface area (Å²) in [4.78, 5) is 32.1. The number of piperazine rings is 1. The molecule has 0 N–H and O–H groups in total. The van der Waals surface area contributed by atoms with E-state index in [0.29, 0.717) is 50.6 Å². The lowest BCUT2D eigenvalue weighted by atomic mass is 10.1. The fourth-order valence-corrected chi connectivity index (χ4v) is 4.88. The first-order valence-corrected chi connectivity index (χ1v) is 11.2. The van der Waals surface area contributed by atoms with E-state index < -0.39 is 17.8 Å². The Morgan fingerprint density at radius 2 is 1.71 bits per heavy atom. The molecular formula is C22H24F3N3O2S. The molecule has 0 aliphatic carbocycles. The van der Waals surface area contributed by atoms with Crippen LogP contribution in [0.1, 0.15) is 33.6 Å². The molecule has 166 valence electrons. The van der Waals surface area contributed by atoms with Crippen LogP contribution in [-0.4, -0.2) is 65.3 Å². The Hall–Kier alpha value is -2.39. The van der Waals surface area contributed by atoms with Gasteiger partial charge in [-0.3, -0.25) is 14.5 Å². The standard InChI is InChI=1S/C22H24F3N3O2S/c23-22(24,25)17-7-5-16(6-8-17)15-26-10-12-27(13-11-26)20(29)18-3-1-9-28(18)21(30)19-4-2-14-31-19/h2,4-8,14,18H,1,3,9-13,15H2/t18-/m0/s1. The minimum absolute atomic E-state index is 0.00316. The number of likely N-dealkylation sites (tertiary alicyclic amines) is 1. The lowest BCUT2D eigenvalue weighted by Crippen LogP contribution is -2.54. The maximum absolute atomic E-state index is 13.1. The summed E-state index contributed by atoms with van der Waals surface area (Å²) in [7, 11) is 0. The fourth-order valence-electron chi connectivity index (χ4n) is 4.20. The van der Waals surface area contributed by atoms with Crippen LogP contribution in [0.5, 0.6) is 0 Å². The summed E-state index contributed by atoms with van der Waals surface area (Å²) >= 11 is 1.39. The number of carbonyl (C=O) groups excluding carboxylic acids is 2. The van der Waals surface area contributed by atoms with Crippen LogP contribution in [0.25, 0.3) is 0 Å². The highest BCUT2D eigenvalue weighted by Crippen LogP contribution is 2.29. The van der Waals surface area contributed by atoms with Gasteiger partial charge in [0.15, 0.2) is 0 Å². The van der Waals surface area contributed by atoms with Crippen LogP contribution >= 0.6 is 11.3 Å². The molecule has 0 saturated carbocycles. The normalized spacial score (nSPS) is 20.3. The maximum atomic E-state index is 13.1. The maximum Gasteiger partial charge on any atom is 0.416 e. The Balaban J connectivity index is 1.31. The van der Waals surface area contributed by atoms with Crippen LogP contribution in [0.3, 0.4) is 0 Å². The number of alkyl halides is 3. The van der Waals surface area contributed by atoms with E-state index in [0.717, 1.165) is 24.1 Å². The van der Waals surface area contributed by atoms with Gasteiger partial charge in [-0.05, 0) is 42.0 Å². The van der Waals surface area contributed by atoms with Crippen molar-refractivity contribution in [3.8, 4) is 0 Å². The number of nitrogens with zero attached hydrogens (tertiary/aromatic N) is 3. The van der Waals surface area contributed by atoms with E-state index in [1.807, 2.05) is 16.3 Å². The average molecular weight is 452 g/mol. The fraction of sp³-hybridized carbons (Fsp3) is 0.455. The summed E-state index contributed by atoms with van der Waals surface area (Å²) in [5.41, 5.74) is 0.168. The largest absolute Gasteiger partial charge is 0.416 e. The third-order valence-corrected chi connectivity index (χ3v) is 6.76. The van der Waals surface area contributed by atoms with Crippen molar-refractivity contribution in [1.29, 1.82) is 0 Å². The van der Waals surface area contributed by atoms with Crippen molar-refractivity contribution in [1.82, 2.24) is 14.7 Å². The van der Waals surface area contributed by atoms with Crippen molar-refractivity contribution in [3.63, 3.8) is 0 Å². The number of halogens is 3. The molecule has 3 heterocycles. The number of hydrogen-bond donors (Lipinski definition) is 0. The Kier molecular flexibility index (Phi) is 6.34. The molecule has 0 unspecified atom stereocenters. The first-order chi connectivity index (χ1) is 14.8. The van der Waals surface area contributed by atoms with Gasteiger partial charge in [-0.2, -0.15) is 13.2 Å². The Morgan fingerprint density at radius 1 is 1.00 bits per heavy atom. The molecule has 1 aromatic heterocycles. The highest BCUT2D eigenvalue weighted by Gasteiger charge is 2.38. The highest BCUT2D eigenvalue weighted by molar-refractivity contribution is 7.12. The number of thiophene rings is 1. The van der Waals surface area contributed by atoms with Crippen LogP contribution in [0.2, 0.25) is 0 Å². The summed E-state index contributed by atoms with van der Waals surface area (Å²) in [6, 6.07) is 8.44. The molecule has 5 nitrogen and oxygen atoms in total. The minimum Gasteiger partial charge on any atom is -0.338 e. The number of rotatable bonds is 4. The van der Waals surface area contributed by atoms with Gasteiger partial charge < -0.3 is 9.80 Å². The lowest BCUT2D eigenvalue weighted by molar-refractivity contribution is -0.138. The van der Waals surface area contributed by atoms with Crippen molar-refractivity contribution in [2.24, 2.45) is 0 Å². The molecule has 9 heteroatoms. The van der Waals surface area contributed by atoms with Crippen molar-refractivity contribution in [2.75, 3.05) is 32.7 Å². The van der Waals surface area contributed by atoms with E-state index >= 15 is 0 Å². The number of benzene rings is 1. The predicted molar refractivity (Wildman–Crippen MR) is 112 cm³/mol. The molecule has 0 spiro atoms. The van der Waals surface area contributed by atoms with Crippen LogP contribution in [-0.2, 0) is 17.5 Å². The van der Waals surface area contributed by atoms with E-state index in [-0.39, 0.29) is 11.8 Å². The van der Waals surface area contributed by atoms with Gasteiger partial charge in [-0.15, -0.1) is 11.3 Å². The van der Waals surface area contributed by atoms with Crippen molar-refractivity contribution >= 4 is 23.2 Å². The average Bonchev–Trinajstić information content (AvgIpc) is 3.45. The molecule has 2 saturated heterocycles. The zero-order valence-electron chi connectivity index (χ0n) is 17.0. The molecule has 31 heavy (non-hydrogen) atoms. The van der Waals surface area contributed by atoms with Crippen LogP contribution in [0, 0.1) is 0 Å². The molecule has 1 aromatic carbocycles. The Bertz CT molecular complexity index is 907. The van der Waals surface area contributed by atoms with E-state index in [2.05, 4.69) is 4.90 Å². The molecule has 2 aliphatic rings. The summed E-state index contributed by atoms with van der Waals surface area (Å²) in [6.45, 7) is 3.55. The van der Waals surface area contributed by atoms with Gasteiger partial charge in [-0.1, -0.05) is 18.2 Å². The molecular weight excluding hydrogens is 427 g/mol. The summed E-state index contributed by atoms with van der Waals surface area (Å²) < 4.78 is 38.1. The molecule has 0 bridgehead atoms. The summed E-state index contributed by atoms with van der Waals surface area (Å²) in [5, 5.41) is 1.86. The zero-order chi connectivity index (χ0) is 22.0. The molecule has 1 atom stereocenters. The Labute approximate surface area is 183 Å². The van der Waals surface area contributed by atoms with E-state index in [1.54, 1.807) is 11.0 Å². The second-order valence-corrected chi connectivity index (χ2v) is 8.88. The molecule has 0 radical (unpaired) electrons. The van der Waals surface area contributed by atoms with E-state index in [1.165, 1.54) is 23.5 Å². The van der Waals surface area contributed by atoms with Crippen LogP contribution in [0.4, 0.5) is 13.2 Å². The van der Waals surface area contributed by atoms with Crippen LogP contribution in [0.15, 0.2) is 41.8 Å². The second kappa shape index (κ2) is 9.00. The van der Waals surface area contributed by atoms with E-state index in [9.17, 15) is 22.8 Å². The van der Waals surface area contributed by atoms with E-state index in [4.69, 9.17) is 0 Å². The molecule has 2 amide bonds. The SMILES string of the molecule is O=C([C@@H]1CCCN1C(=O)c1cccs1)N1CCN(Cc2ccc(C(F)(F)F)cc2)CC1. The van der Waals surface area contributed by atoms with Crippen molar-refractivity contribution < 1.29 is 22.8 Å². The molecule has 4 rings (SSSR count). The highest BCUT2D eigenvalue weighted by atomic mass is 32.1. The number of hydrogen-bond acceptors (Lipinski definition) is 4. The third-order valence-electron chi connectivity index (χ3n) is 5.90. The molecule has 2 aliphatic heterocycles. The van der Waals surface area contributed by atoms with Gasteiger partial charge in [0.2, 0.25) is 5.91 Å². The summed E-state index contributed by atoms with van der Waals surface area (Å²) in [5.74, 6) is -0.0802. The predicted octanol–water partition coefficient (Wildman–Crippen LogP) is 3.72. The van der Waals surface area contributed by atoms with Crippen molar-refractivity contribution in [2.45, 2.75) is 31.6 Å². The monoisotopic (exact) mass is 451 g/mol. The van der Waals surface area contributed by atoms with Gasteiger partial charge in [-0.25, -0.2) is 0 Å². The van der Waals surface area contributed by atoms with Gasteiger partial charge in [0, 0.05) is 39.3 Å². The summed E-state index contributed by atoms with van der Waals surface area (Å²) in [6.07, 6.45) is -2.83. The first kappa shape index (κ1) is 21.8. The third kappa shape index (κ3) is 4.93. The minimum atomic E-state index is -4.33. The van der Waals surface area contributed by atoms with Gasteiger partial charge in [0.25, 0.3) is 5.91 Å². The van der Waals surface area contributed by atoms with Gasteiger partial charge in [0.05, 0.1) is 10.4 Å². The second-order valence-electron chi connectivity index (χ2n) is 7.93. The molecule has 2 fully saturated rings. The first-order valence-electron chi connectivity index (χ1n) is 10.3. The molecule has 2 aromatic rings. The lowest BCUT2D eigenvalue weighted by Gasteiger charge is -2.37. The van der Waals surface area contributed by atoms with Crippen molar-refractivity contribution in [3.05, 3.63) is 57.8 Å². The van der Waals surface area contributed by atoms with Gasteiger partial charge in [0.1, 0.15) is 6.04 Å². The van der Waals surface area contributed by atoms with Crippen LogP contribution < -0.4 is 0 Å².